The van der Waals surface area contributed by atoms with Crippen LogP contribution in [0.1, 0.15) is 148 Å². The van der Waals surface area contributed by atoms with Crippen molar-refractivity contribution in [2.45, 2.75) is 222 Å². The number of carbonyl (C=O) groups is 11. The number of allylic oxidation sites excluding steroid dienone is 2. The minimum Gasteiger partial charge on any atom is -0.390 e. The van der Waals surface area contributed by atoms with E-state index in [0.29, 0.717) is 0 Å². The highest BCUT2D eigenvalue weighted by Crippen LogP contribution is 2.19. The van der Waals surface area contributed by atoms with Crippen LogP contribution in [0.25, 0.3) is 0 Å². The first kappa shape index (κ1) is 75.1. The fraction of sp³-hybridized carbons (Fsp3) is 0.694. The van der Waals surface area contributed by atoms with Crippen LogP contribution < -0.4 is 47.9 Å². The van der Waals surface area contributed by atoms with Gasteiger partial charge in [0.1, 0.15) is 60.4 Å². The predicted octanol–water partition coefficient (Wildman–Crippen LogP) is 2.12. The van der Waals surface area contributed by atoms with Gasteiger partial charge in [-0.2, -0.15) is 0 Å². The zero-order valence-corrected chi connectivity index (χ0v) is 54.1. The third-order valence-corrected chi connectivity index (χ3v) is 15.1. The van der Waals surface area contributed by atoms with Gasteiger partial charge in [-0.1, -0.05) is 126 Å². The van der Waals surface area contributed by atoms with E-state index in [1.807, 2.05) is 59.7 Å². The smallest absolute Gasteiger partial charge is 0.246 e. The Labute approximate surface area is 509 Å². The number of carbonyl (C=O) groups excluding carboxylic acids is 11. The molecule has 3 unspecified atom stereocenters. The van der Waals surface area contributed by atoms with Gasteiger partial charge in [-0.3, -0.25) is 52.7 Å². The van der Waals surface area contributed by atoms with Crippen molar-refractivity contribution in [1.29, 1.82) is 0 Å². The van der Waals surface area contributed by atoms with E-state index in [1.165, 1.54) is 32.8 Å². The molecule has 24 nitrogen and oxygen atoms in total. The van der Waals surface area contributed by atoms with Crippen LogP contribution >= 0.6 is 0 Å². The van der Waals surface area contributed by atoms with Crippen molar-refractivity contribution in [3.63, 3.8) is 0 Å². The lowest BCUT2D eigenvalue weighted by Gasteiger charge is -2.34. The summed E-state index contributed by atoms with van der Waals surface area (Å²) in [4.78, 5) is 159. The predicted molar refractivity (Wildman–Crippen MR) is 327 cm³/mol. The molecule has 11 amide bonds. The summed E-state index contributed by atoms with van der Waals surface area (Å²) in [5, 5.41) is 35.9. The van der Waals surface area contributed by atoms with Gasteiger partial charge < -0.3 is 67.5 Å². The number of nitrogens with one attached hydrogen (secondary N) is 9. The lowest BCUT2D eigenvalue weighted by molar-refractivity contribution is -0.146. The van der Waals surface area contributed by atoms with E-state index in [1.54, 1.807) is 79.7 Å². The number of rotatable bonds is 17. The average Bonchev–Trinajstić information content (AvgIpc) is 2.93. The highest BCUT2D eigenvalue weighted by atomic mass is 16.5. The molecule has 0 aromatic heterocycles. The molecular formula is C62H103N11O13. The van der Waals surface area contributed by atoms with Gasteiger partial charge in [0.15, 0.2) is 0 Å². The lowest BCUT2D eigenvalue weighted by Crippen LogP contribution is -2.63. The third kappa shape index (κ3) is 23.7. The summed E-state index contributed by atoms with van der Waals surface area (Å²) in [6.45, 7) is 26.4. The first-order chi connectivity index (χ1) is 40.2. The molecule has 10 N–H and O–H groups in total. The van der Waals surface area contributed by atoms with E-state index in [2.05, 4.69) is 47.9 Å². The van der Waals surface area contributed by atoms with Crippen LogP contribution in [0.2, 0.25) is 0 Å². The first-order valence-corrected chi connectivity index (χ1v) is 30.3. The quantitative estimate of drug-likeness (QED) is 0.100. The van der Waals surface area contributed by atoms with Gasteiger partial charge in [-0.25, -0.2) is 0 Å². The van der Waals surface area contributed by atoms with Gasteiger partial charge in [-0.05, 0) is 101 Å². The Kier molecular flexibility index (Phi) is 31.7. The molecule has 2 rings (SSSR count). The van der Waals surface area contributed by atoms with E-state index < -0.39 is 162 Å². The molecule has 1 fully saturated rings. The monoisotopic (exact) mass is 1210 g/mol. The van der Waals surface area contributed by atoms with Gasteiger partial charge in [-0.15, -0.1) is 0 Å². The second-order valence-corrected chi connectivity index (χ2v) is 24.8. The number of amides is 11. The van der Waals surface area contributed by atoms with Crippen molar-refractivity contribution in [1.82, 2.24) is 57.7 Å². The Morgan fingerprint density at radius 3 is 1.52 bits per heavy atom. The second-order valence-electron chi connectivity index (χ2n) is 24.8. The summed E-state index contributed by atoms with van der Waals surface area (Å²) >= 11 is 0. The molecule has 86 heavy (non-hydrogen) atoms. The van der Waals surface area contributed by atoms with Crippen LogP contribution in [0.4, 0.5) is 0 Å². The summed E-state index contributed by atoms with van der Waals surface area (Å²) < 4.78 is 6.18. The zero-order valence-electron chi connectivity index (χ0n) is 54.1. The summed E-state index contributed by atoms with van der Waals surface area (Å²) in [6.07, 6.45) is 1.55. The first-order valence-electron chi connectivity index (χ1n) is 30.3. The molecule has 1 aromatic rings. The molecule has 1 aliphatic heterocycles. The molecule has 0 bridgehead atoms. The number of hydrogen-bond donors (Lipinski definition) is 10. The molecule has 0 aliphatic carbocycles. The average molecular weight is 1210 g/mol. The van der Waals surface area contributed by atoms with E-state index in [4.69, 9.17) is 4.74 Å². The van der Waals surface area contributed by atoms with Gasteiger partial charge in [0.25, 0.3) is 0 Å². The standard InChI is InChI=1S/C62H103N11O13/c1-19-21-25-38(13)52(75)50-60(83)66-43(20-2)54(77)63-31-47(74)73(18)51(41(16)86-32-42-26-23-22-24-27-42)61(84)70-48(36(9)10)58(81)68-44(28-33(3)4)55(78)64-39(14)53(76)65-40(15)62(85)72(17)46(30-35(7)8)57(80)67-45(29-34(5)6)56(79)69-49(37(11)12)59(82)71-50/h19,21-24,26-27,33-41,43-46,48-52,75H,20,25,28-32H2,1-18H3,(H,63,77)(H,64,78)(H,65,76)(H,66,83)(H,67,80)(H,68,81)(H,69,79)(H,70,84)(H,71,82)/b21-19+/t38-,39+,40-,41-,43+,44+,45+,46+,48?,49?,50+,51?,52-/m1/s1. The van der Waals surface area contributed by atoms with Crippen LogP contribution in [0.3, 0.4) is 0 Å². The number of aliphatic hydroxyl groups excluding tert-OH is 1. The van der Waals surface area contributed by atoms with Crippen molar-refractivity contribution < 1.29 is 62.6 Å². The maximum Gasteiger partial charge on any atom is 0.246 e. The Balaban J connectivity index is 2.84. The van der Waals surface area contributed by atoms with E-state index >= 15 is 0 Å². The largest absolute Gasteiger partial charge is 0.390 e. The van der Waals surface area contributed by atoms with Crippen molar-refractivity contribution in [2.24, 2.45) is 35.5 Å². The van der Waals surface area contributed by atoms with Crippen LogP contribution in [-0.4, -0.2) is 173 Å². The van der Waals surface area contributed by atoms with Crippen molar-refractivity contribution in [3.05, 3.63) is 48.0 Å². The van der Waals surface area contributed by atoms with Gasteiger partial charge in [0.2, 0.25) is 65.0 Å². The van der Waals surface area contributed by atoms with Gasteiger partial charge in [0, 0.05) is 14.1 Å². The van der Waals surface area contributed by atoms with Gasteiger partial charge >= 0.3 is 0 Å². The molecule has 0 radical (unpaired) electrons. The van der Waals surface area contributed by atoms with Crippen molar-refractivity contribution in [2.75, 3.05) is 20.6 Å². The minimum absolute atomic E-state index is 0.0249. The molecule has 0 spiro atoms. The Morgan fingerprint density at radius 1 is 0.547 bits per heavy atom. The van der Waals surface area contributed by atoms with Gasteiger partial charge in [0.05, 0.1) is 25.4 Å². The number of ether oxygens (including phenoxy) is 1. The number of nitrogens with zero attached hydrogens (tertiary/aromatic N) is 2. The molecule has 1 heterocycles. The Hall–Kier alpha value is -6.95. The molecule has 0 saturated carbocycles. The fourth-order valence-electron chi connectivity index (χ4n) is 9.77. The molecule has 13 atom stereocenters. The fourth-order valence-corrected chi connectivity index (χ4v) is 9.77. The van der Waals surface area contributed by atoms with Crippen molar-refractivity contribution >= 4 is 65.0 Å². The second kappa shape index (κ2) is 36.3. The van der Waals surface area contributed by atoms with Crippen molar-refractivity contribution in [3.8, 4) is 0 Å². The third-order valence-electron chi connectivity index (χ3n) is 15.1. The molecule has 24 heteroatoms. The number of aliphatic hydroxyl groups is 1. The topological polar surface area (TPSA) is 332 Å². The molecule has 1 saturated heterocycles. The Bertz CT molecular complexity index is 2470. The van der Waals surface area contributed by atoms with Crippen LogP contribution in [0.5, 0.6) is 0 Å². The number of likely N-dealkylation sites (N-methyl/N-ethyl adjacent to an activating group) is 2. The van der Waals surface area contributed by atoms with E-state index in [0.717, 1.165) is 10.5 Å². The van der Waals surface area contributed by atoms with Crippen LogP contribution in [0.15, 0.2) is 42.5 Å². The zero-order chi connectivity index (χ0) is 65.4. The molecular weight excluding hydrogens is 1110 g/mol. The maximum atomic E-state index is 14.6. The highest BCUT2D eigenvalue weighted by Gasteiger charge is 2.41. The maximum absolute atomic E-state index is 14.6. The summed E-state index contributed by atoms with van der Waals surface area (Å²) in [6, 6.07) is -4.12. The SMILES string of the molecule is C/C=C/C[C@@H](C)[C@@H](O)[C@@H]1NC(=O)C(C(C)C)NC(=O)[C@H](CC(C)C)NC(=O)[C@H](CC(C)C)N(C)C(=O)[C@@H](C)NC(=O)[C@H](C)NC(=O)[C@H](CC(C)C)NC(=O)C(C(C)C)NC(=O)C([C@@H](C)OCc2ccccc2)N(C)C(=O)CNC(=O)[C@H](CC)NC1=O. The van der Waals surface area contributed by atoms with E-state index in [-0.39, 0.29) is 56.5 Å². The Morgan fingerprint density at radius 2 is 1.01 bits per heavy atom. The van der Waals surface area contributed by atoms with E-state index in [9.17, 15) is 57.8 Å². The lowest BCUT2D eigenvalue weighted by atomic mass is 9.92. The normalized spacial score (nSPS) is 26.3. The minimum atomic E-state index is -1.69. The molecule has 1 aromatic carbocycles. The highest BCUT2D eigenvalue weighted by molar-refractivity contribution is 5.99. The molecule has 484 valence electrons. The number of benzene rings is 1. The van der Waals surface area contributed by atoms with Crippen LogP contribution in [0, 0.1) is 35.5 Å². The number of hydrogen-bond acceptors (Lipinski definition) is 13. The van der Waals surface area contributed by atoms with Crippen LogP contribution in [-0.2, 0) is 64.1 Å². The summed E-state index contributed by atoms with van der Waals surface area (Å²) in [7, 11) is 2.72. The summed E-state index contributed by atoms with van der Waals surface area (Å²) in [5.74, 6) is -10.9. The summed E-state index contributed by atoms with van der Waals surface area (Å²) in [5.41, 5.74) is 0.757. The molecule has 1 aliphatic rings.